The van der Waals surface area contributed by atoms with Gasteiger partial charge in [0.2, 0.25) is 0 Å². The summed E-state index contributed by atoms with van der Waals surface area (Å²) in [7, 11) is 3.21. The van der Waals surface area contributed by atoms with Crippen molar-refractivity contribution in [1.29, 1.82) is 5.26 Å². The van der Waals surface area contributed by atoms with E-state index >= 15 is 0 Å². The molecule has 0 atom stereocenters. The lowest BCUT2D eigenvalue weighted by molar-refractivity contribution is 0.404. The normalized spacial score (nSPS) is 10.3. The molecule has 2 aromatic carbocycles. The molecule has 0 spiro atoms. The Bertz CT molecular complexity index is 1050. The Morgan fingerprint density at radius 1 is 0.926 bits per heavy atom. The molecule has 0 unspecified atom stereocenters. The summed E-state index contributed by atoms with van der Waals surface area (Å²) in [5.41, 5.74) is 11.8. The SMILES string of the molecule is COc1ccc(OC)c(-c2cc(-c3cc(C)ccc3C)c(C#N)c(N)n2)c1. The van der Waals surface area contributed by atoms with Crippen LogP contribution in [0.25, 0.3) is 22.4 Å². The molecule has 0 amide bonds. The lowest BCUT2D eigenvalue weighted by atomic mass is 9.94. The predicted octanol–water partition coefficient (Wildman–Crippen LogP) is 4.50. The van der Waals surface area contributed by atoms with Crippen LogP contribution in [0, 0.1) is 25.2 Å². The maximum Gasteiger partial charge on any atom is 0.142 e. The zero-order valence-corrected chi connectivity index (χ0v) is 15.8. The molecule has 0 aliphatic heterocycles. The van der Waals surface area contributed by atoms with Crippen LogP contribution in [-0.2, 0) is 0 Å². The highest BCUT2D eigenvalue weighted by atomic mass is 16.5. The first-order chi connectivity index (χ1) is 13.0. The van der Waals surface area contributed by atoms with E-state index in [2.05, 4.69) is 17.1 Å². The van der Waals surface area contributed by atoms with Gasteiger partial charge in [0.05, 0.1) is 19.9 Å². The second-order valence-electron chi connectivity index (χ2n) is 6.31. The third kappa shape index (κ3) is 3.42. The molecule has 0 saturated heterocycles. The number of anilines is 1. The zero-order valence-electron chi connectivity index (χ0n) is 15.8. The molecule has 5 heteroatoms. The van der Waals surface area contributed by atoms with E-state index in [1.807, 2.05) is 50.2 Å². The number of pyridine rings is 1. The van der Waals surface area contributed by atoms with E-state index in [1.54, 1.807) is 14.2 Å². The molecule has 0 radical (unpaired) electrons. The quantitative estimate of drug-likeness (QED) is 0.741. The van der Waals surface area contributed by atoms with E-state index < -0.39 is 0 Å². The van der Waals surface area contributed by atoms with Gasteiger partial charge in [-0.05, 0) is 49.2 Å². The van der Waals surface area contributed by atoms with E-state index in [4.69, 9.17) is 15.2 Å². The summed E-state index contributed by atoms with van der Waals surface area (Å²) in [4.78, 5) is 4.46. The Labute approximate surface area is 159 Å². The summed E-state index contributed by atoms with van der Waals surface area (Å²) >= 11 is 0. The second-order valence-corrected chi connectivity index (χ2v) is 6.31. The van der Waals surface area contributed by atoms with Crippen LogP contribution >= 0.6 is 0 Å². The maximum atomic E-state index is 9.65. The predicted molar refractivity (Wildman–Crippen MR) is 107 cm³/mol. The Balaban J connectivity index is 2.31. The number of nitrogens with zero attached hydrogens (tertiary/aromatic N) is 2. The van der Waals surface area contributed by atoms with Crippen molar-refractivity contribution < 1.29 is 9.47 Å². The number of benzene rings is 2. The number of ether oxygens (including phenoxy) is 2. The fourth-order valence-corrected chi connectivity index (χ4v) is 3.07. The summed E-state index contributed by atoms with van der Waals surface area (Å²) in [6.07, 6.45) is 0. The standard InChI is InChI=1S/C22H21N3O2/c1-13-5-6-14(2)16(9-13)17-11-20(25-22(24)19(17)12-23)18-10-15(26-3)7-8-21(18)27-4/h5-11H,1-4H3,(H2,24,25). The number of nitriles is 1. The Morgan fingerprint density at radius 3 is 2.37 bits per heavy atom. The van der Waals surface area contributed by atoms with Crippen LogP contribution < -0.4 is 15.2 Å². The lowest BCUT2D eigenvalue weighted by Gasteiger charge is -2.15. The van der Waals surface area contributed by atoms with Crippen molar-refractivity contribution in [3.63, 3.8) is 0 Å². The van der Waals surface area contributed by atoms with Crippen molar-refractivity contribution in [2.75, 3.05) is 20.0 Å². The Kier molecular flexibility index (Phi) is 5.00. The summed E-state index contributed by atoms with van der Waals surface area (Å²) < 4.78 is 10.8. The zero-order chi connectivity index (χ0) is 19.6. The molecule has 5 nitrogen and oxygen atoms in total. The topological polar surface area (TPSA) is 81.2 Å². The molecule has 0 aliphatic rings. The average molecular weight is 359 g/mol. The minimum absolute atomic E-state index is 0.191. The second kappa shape index (κ2) is 7.38. The van der Waals surface area contributed by atoms with E-state index in [-0.39, 0.29) is 5.82 Å². The van der Waals surface area contributed by atoms with Gasteiger partial charge in [-0.15, -0.1) is 0 Å². The van der Waals surface area contributed by atoms with Gasteiger partial charge < -0.3 is 15.2 Å². The van der Waals surface area contributed by atoms with Gasteiger partial charge in [0.15, 0.2) is 0 Å². The van der Waals surface area contributed by atoms with Crippen molar-refractivity contribution in [3.8, 4) is 40.0 Å². The van der Waals surface area contributed by atoms with E-state index in [0.717, 1.165) is 27.8 Å². The number of aryl methyl sites for hydroxylation is 2. The van der Waals surface area contributed by atoms with Crippen molar-refractivity contribution in [2.45, 2.75) is 13.8 Å². The number of methoxy groups -OCH3 is 2. The molecule has 0 bridgehead atoms. The van der Waals surface area contributed by atoms with Crippen LogP contribution in [0.15, 0.2) is 42.5 Å². The van der Waals surface area contributed by atoms with Gasteiger partial charge in [0, 0.05) is 11.1 Å². The van der Waals surface area contributed by atoms with Gasteiger partial charge >= 0.3 is 0 Å². The molecule has 136 valence electrons. The van der Waals surface area contributed by atoms with Gasteiger partial charge in [0.1, 0.15) is 28.9 Å². The lowest BCUT2D eigenvalue weighted by Crippen LogP contribution is -2.01. The van der Waals surface area contributed by atoms with Crippen molar-refractivity contribution in [3.05, 3.63) is 59.2 Å². The van der Waals surface area contributed by atoms with Gasteiger partial charge in [0.25, 0.3) is 0 Å². The largest absolute Gasteiger partial charge is 0.497 e. The molecule has 0 saturated carbocycles. The molecule has 3 aromatic rings. The van der Waals surface area contributed by atoms with Crippen LogP contribution in [0.4, 0.5) is 5.82 Å². The Morgan fingerprint density at radius 2 is 1.70 bits per heavy atom. The Hall–Kier alpha value is -3.52. The number of hydrogen-bond acceptors (Lipinski definition) is 5. The summed E-state index contributed by atoms with van der Waals surface area (Å²) in [6.45, 7) is 4.03. The van der Waals surface area contributed by atoms with Crippen LogP contribution in [-0.4, -0.2) is 19.2 Å². The third-order valence-corrected chi connectivity index (χ3v) is 4.53. The summed E-state index contributed by atoms with van der Waals surface area (Å²) in [5, 5.41) is 9.65. The van der Waals surface area contributed by atoms with Gasteiger partial charge in [-0.25, -0.2) is 4.98 Å². The monoisotopic (exact) mass is 359 g/mol. The first kappa shape index (κ1) is 18.3. The third-order valence-electron chi connectivity index (χ3n) is 4.53. The first-order valence-corrected chi connectivity index (χ1v) is 8.49. The molecular weight excluding hydrogens is 338 g/mol. The first-order valence-electron chi connectivity index (χ1n) is 8.49. The van der Waals surface area contributed by atoms with E-state index in [0.29, 0.717) is 22.8 Å². The fraction of sp³-hybridized carbons (Fsp3) is 0.182. The van der Waals surface area contributed by atoms with Crippen LogP contribution in [0.5, 0.6) is 11.5 Å². The molecule has 27 heavy (non-hydrogen) atoms. The minimum atomic E-state index is 0.191. The van der Waals surface area contributed by atoms with Gasteiger partial charge in [-0.3, -0.25) is 0 Å². The van der Waals surface area contributed by atoms with Crippen molar-refractivity contribution in [2.24, 2.45) is 0 Å². The van der Waals surface area contributed by atoms with Crippen molar-refractivity contribution in [1.82, 2.24) is 4.98 Å². The molecule has 1 heterocycles. The number of nitrogen functional groups attached to an aromatic ring is 1. The van der Waals surface area contributed by atoms with Crippen LogP contribution in [0.2, 0.25) is 0 Å². The summed E-state index contributed by atoms with van der Waals surface area (Å²) in [5.74, 6) is 1.53. The highest BCUT2D eigenvalue weighted by molar-refractivity contribution is 5.83. The van der Waals surface area contributed by atoms with Crippen LogP contribution in [0.3, 0.4) is 0 Å². The molecule has 3 rings (SSSR count). The molecule has 0 aliphatic carbocycles. The molecule has 0 fully saturated rings. The number of rotatable bonds is 4. The molecule has 1 aromatic heterocycles. The smallest absolute Gasteiger partial charge is 0.142 e. The minimum Gasteiger partial charge on any atom is -0.497 e. The van der Waals surface area contributed by atoms with Crippen molar-refractivity contribution >= 4 is 5.82 Å². The van der Waals surface area contributed by atoms with Gasteiger partial charge in [-0.1, -0.05) is 23.8 Å². The number of aromatic nitrogens is 1. The number of hydrogen-bond donors (Lipinski definition) is 1. The highest BCUT2D eigenvalue weighted by Gasteiger charge is 2.17. The maximum absolute atomic E-state index is 9.65. The van der Waals surface area contributed by atoms with Gasteiger partial charge in [-0.2, -0.15) is 5.26 Å². The van der Waals surface area contributed by atoms with Crippen LogP contribution in [0.1, 0.15) is 16.7 Å². The highest BCUT2D eigenvalue weighted by Crippen LogP contribution is 2.37. The number of nitrogens with two attached hydrogens (primary N) is 1. The molecular formula is C22H21N3O2. The molecule has 2 N–H and O–H groups in total. The summed E-state index contributed by atoms with van der Waals surface area (Å²) in [6, 6.07) is 15.7. The fourth-order valence-electron chi connectivity index (χ4n) is 3.07. The average Bonchev–Trinajstić information content (AvgIpc) is 2.68. The van der Waals surface area contributed by atoms with E-state index in [1.165, 1.54) is 0 Å². The van der Waals surface area contributed by atoms with E-state index in [9.17, 15) is 5.26 Å².